The van der Waals surface area contributed by atoms with Crippen LogP contribution in [0.3, 0.4) is 0 Å². The summed E-state index contributed by atoms with van der Waals surface area (Å²) < 4.78 is 44.4. The molecule has 0 radical (unpaired) electrons. The van der Waals surface area contributed by atoms with Crippen molar-refractivity contribution in [3.63, 3.8) is 0 Å². The van der Waals surface area contributed by atoms with Crippen molar-refractivity contribution in [2.45, 2.75) is 13.1 Å². The van der Waals surface area contributed by atoms with Crippen LogP contribution in [0.15, 0.2) is 40.3 Å². The van der Waals surface area contributed by atoms with Crippen LogP contribution in [0, 0.1) is 6.92 Å². The van der Waals surface area contributed by atoms with Gasteiger partial charge in [-0.05, 0) is 61.1 Å². The van der Waals surface area contributed by atoms with Crippen LogP contribution in [0.1, 0.15) is 16.9 Å². The van der Waals surface area contributed by atoms with Gasteiger partial charge in [0.05, 0.1) is 5.56 Å². The van der Waals surface area contributed by atoms with Crippen molar-refractivity contribution in [1.82, 2.24) is 10.6 Å². The zero-order valence-corrected chi connectivity index (χ0v) is 14.0. The summed E-state index contributed by atoms with van der Waals surface area (Å²) in [5.74, 6) is -1.06. The first-order chi connectivity index (χ1) is 12.1. The monoisotopic (exact) mass is 380 g/mol. The second-order valence-corrected chi connectivity index (χ2v) is 5.99. The van der Waals surface area contributed by atoms with Gasteiger partial charge in [0.15, 0.2) is 5.11 Å². The van der Waals surface area contributed by atoms with Gasteiger partial charge < -0.3 is 4.42 Å². The number of thiocarbonyl (C=S) groups is 1. The van der Waals surface area contributed by atoms with Gasteiger partial charge >= 0.3 is 6.18 Å². The molecule has 0 unspecified atom stereocenters. The highest BCUT2D eigenvalue weighted by Crippen LogP contribution is 2.34. The van der Waals surface area contributed by atoms with Gasteiger partial charge in [0, 0.05) is 5.56 Å². The Labute approximate surface area is 150 Å². The summed E-state index contributed by atoms with van der Waals surface area (Å²) in [7, 11) is 0. The van der Waals surface area contributed by atoms with Crippen LogP contribution in [-0.2, 0) is 15.8 Å². The molecule has 0 atom stereocenters. The van der Waals surface area contributed by atoms with Crippen molar-refractivity contribution in [2.75, 3.05) is 0 Å². The van der Waals surface area contributed by atoms with Crippen LogP contribution in [-0.4, -0.2) is 16.9 Å². The van der Waals surface area contributed by atoms with Gasteiger partial charge in [-0.2, -0.15) is 13.2 Å². The molecule has 1 aliphatic heterocycles. The normalized spacial score (nSPS) is 14.9. The first kappa shape index (κ1) is 17.9. The number of halogens is 3. The van der Waals surface area contributed by atoms with Gasteiger partial charge in [-0.25, -0.2) is 0 Å². The van der Waals surface area contributed by atoms with E-state index in [1.807, 2.05) is 0 Å². The number of carbonyl (C=O) groups excluding carboxylic acids is 2. The number of alkyl halides is 3. The second-order valence-electron chi connectivity index (χ2n) is 5.58. The molecule has 2 heterocycles. The number of hydrogen-bond acceptors (Lipinski definition) is 4. The van der Waals surface area contributed by atoms with E-state index < -0.39 is 23.6 Å². The number of carbonyl (C=O) groups is 2. The second kappa shape index (κ2) is 6.41. The van der Waals surface area contributed by atoms with E-state index in [9.17, 15) is 22.8 Å². The quantitative estimate of drug-likeness (QED) is 0.477. The molecule has 2 amide bonds. The molecule has 1 aromatic heterocycles. The number of amides is 2. The maximum absolute atomic E-state index is 13.0. The zero-order valence-electron chi connectivity index (χ0n) is 13.2. The number of nitrogens with one attached hydrogen (secondary N) is 2. The lowest BCUT2D eigenvalue weighted by Gasteiger charge is -2.15. The first-order valence-corrected chi connectivity index (χ1v) is 7.72. The van der Waals surface area contributed by atoms with Crippen LogP contribution in [0.4, 0.5) is 13.2 Å². The maximum atomic E-state index is 13.0. The lowest BCUT2D eigenvalue weighted by molar-refractivity contribution is -0.137. The van der Waals surface area contributed by atoms with E-state index in [0.717, 1.165) is 12.1 Å². The number of hydrogen-bond donors (Lipinski definition) is 2. The molecule has 1 fully saturated rings. The standard InChI is InChI=1S/C17H11F3N2O3S/c1-8-4-9(6-10(5-8)17(18,19)20)13-3-2-11(25-13)7-12-14(23)21-16(26)22-15(12)24/h2-7H,1H3,(H2,21,22,23,24,26). The van der Waals surface area contributed by atoms with Gasteiger partial charge in [-0.15, -0.1) is 0 Å². The molecular weight excluding hydrogens is 369 g/mol. The summed E-state index contributed by atoms with van der Waals surface area (Å²) in [6, 6.07) is 6.47. The zero-order chi connectivity index (χ0) is 19.1. The summed E-state index contributed by atoms with van der Waals surface area (Å²) in [5, 5.41) is 4.45. The molecule has 5 nitrogen and oxygen atoms in total. The molecule has 1 saturated heterocycles. The SMILES string of the molecule is Cc1cc(-c2ccc(C=C3C(=O)NC(=S)NC3=O)o2)cc(C(F)(F)F)c1. The summed E-state index contributed by atoms with van der Waals surface area (Å²) >= 11 is 4.69. The molecule has 0 bridgehead atoms. The summed E-state index contributed by atoms with van der Waals surface area (Å²) in [4.78, 5) is 23.6. The number of furan rings is 1. The molecule has 134 valence electrons. The molecule has 0 aliphatic carbocycles. The van der Waals surface area contributed by atoms with E-state index in [-0.39, 0.29) is 27.8 Å². The Kier molecular flexibility index (Phi) is 4.41. The first-order valence-electron chi connectivity index (χ1n) is 7.31. The van der Waals surface area contributed by atoms with Crippen LogP contribution < -0.4 is 10.6 Å². The number of benzene rings is 1. The van der Waals surface area contributed by atoms with E-state index >= 15 is 0 Å². The smallest absolute Gasteiger partial charge is 0.416 e. The highest BCUT2D eigenvalue weighted by Gasteiger charge is 2.31. The predicted molar refractivity (Wildman–Crippen MR) is 90.7 cm³/mol. The van der Waals surface area contributed by atoms with E-state index in [1.165, 1.54) is 18.2 Å². The Balaban J connectivity index is 1.95. The summed E-state index contributed by atoms with van der Waals surface area (Å²) in [6.07, 6.45) is -3.29. The van der Waals surface area contributed by atoms with Gasteiger partial charge in [-0.3, -0.25) is 20.2 Å². The van der Waals surface area contributed by atoms with Gasteiger partial charge in [-0.1, -0.05) is 0 Å². The van der Waals surface area contributed by atoms with Gasteiger partial charge in [0.25, 0.3) is 11.8 Å². The fraction of sp³-hybridized carbons (Fsp3) is 0.118. The summed E-state index contributed by atoms with van der Waals surface area (Å²) in [5.41, 5.74) is -0.352. The van der Waals surface area contributed by atoms with E-state index in [0.29, 0.717) is 5.56 Å². The fourth-order valence-electron chi connectivity index (χ4n) is 2.42. The molecule has 2 N–H and O–H groups in total. The van der Waals surface area contributed by atoms with Crippen LogP contribution in [0.2, 0.25) is 0 Å². The Hall–Kier alpha value is -2.94. The maximum Gasteiger partial charge on any atom is 0.416 e. The minimum atomic E-state index is -4.48. The molecule has 9 heteroatoms. The molecule has 26 heavy (non-hydrogen) atoms. The highest BCUT2D eigenvalue weighted by molar-refractivity contribution is 7.80. The predicted octanol–water partition coefficient (Wildman–Crippen LogP) is 3.19. The Morgan fingerprint density at radius 3 is 2.35 bits per heavy atom. The highest BCUT2D eigenvalue weighted by atomic mass is 32.1. The Bertz CT molecular complexity index is 938. The van der Waals surface area contributed by atoms with E-state index in [2.05, 4.69) is 10.6 Å². The van der Waals surface area contributed by atoms with Crippen LogP contribution in [0.25, 0.3) is 17.4 Å². The molecule has 0 spiro atoms. The average molecular weight is 380 g/mol. The molecular formula is C17H11F3N2O3S. The van der Waals surface area contributed by atoms with Crippen LogP contribution in [0.5, 0.6) is 0 Å². The third-order valence-electron chi connectivity index (χ3n) is 3.55. The van der Waals surface area contributed by atoms with Crippen LogP contribution >= 0.6 is 12.2 Å². The third kappa shape index (κ3) is 3.67. The lowest BCUT2D eigenvalue weighted by Crippen LogP contribution is -2.51. The van der Waals surface area contributed by atoms with Crippen molar-refractivity contribution in [2.24, 2.45) is 0 Å². The molecule has 2 aromatic rings. The van der Waals surface area contributed by atoms with Crippen molar-refractivity contribution < 1.29 is 27.2 Å². The minimum absolute atomic E-state index is 0.100. The van der Waals surface area contributed by atoms with Crippen molar-refractivity contribution >= 4 is 35.2 Å². The minimum Gasteiger partial charge on any atom is -0.457 e. The topological polar surface area (TPSA) is 71.3 Å². The molecule has 3 rings (SSSR count). The lowest BCUT2D eigenvalue weighted by atomic mass is 10.0. The summed E-state index contributed by atoms with van der Waals surface area (Å²) in [6.45, 7) is 1.55. The van der Waals surface area contributed by atoms with E-state index in [4.69, 9.17) is 16.6 Å². The van der Waals surface area contributed by atoms with Crippen molar-refractivity contribution in [3.8, 4) is 11.3 Å². The number of aryl methyl sites for hydroxylation is 1. The third-order valence-corrected chi connectivity index (χ3v) is 3.75. The van der Waals surface area contributed by atoms with E-state index in [1.54, 1.807) is 13.0 Å². The molecule has 1 aromatic carbocycles. The van der Waals surface area contributed by atoms with Crippen molar-refractivity contribution in [1.29, 1.82) is 0 Å². The fourth-order valence-corrected chi connectivity index (χ4v) is 2.61. The molecule has 0 saturated carbocycles. The van der Waals surface area contributed by atoms with Gasteiger partial charge in [0.1, 0.15) is 17.1 Å². The Morgan fingerprint density at radius 1 is 1.08 bits per heavy atom. The van der Waals surface area contributed by atoms with Crippen molar-refractivity contribution in [3.05, 3.63) is 52.8 Å². The largest absolute Gasteiger partial charge is 0.457 e. The van der Waals surface area contributed by atoms with Gasteiger partial charge in [0.2, 0.25) is 0 Å². The Morgan fingerprint density at radius 2 is 1.73 bits per heavy atom. The molecule has 1 aliphatic rings. The number of rotatable bonds is 2. The average Bonchev–Trinajstić information content (AvgIpc) is 2.98.